The van der Waals surface area contributed by atoms with Crippen molar-refractivity contribution in [3.8, 4) is 28.9 Å². The zero-order valence-electron chi connectivity index (χ0n) is 17.9. The summed E-state index contributed by atoms with van der Waals surface area (Å²) in [5, 5.41) is 12.8. The molecule has 2 aromatic carbocycles. The Morgan fingerprint density at radius 1 is 1.18 bits per heavy atom. The fourth-order valence-corrected chi connectivity index (χ4v) is 4.24. The molecule has 0 unspecified atom stereocenters. The predicted molar refractivity (Wildman–Crippen MR) is 119 cm³/mol. The molecule has 33 heavy (non-hydrogen) atoms. The van der Waals surface area contributed by atoms with Gasteiger partial charge in [-0.1, -0.05) is 23.0 Å². The van der Waals surface area contributed by atoms with Crippen LogP contribution in [0.4, 0.5) is 10.1 Å². The third-order valence-electron chi connectivity index (χ3n) is 5.16. The quantitative estimate of drug-likeness (QED) is 0.412. The van der Waals surface area contributed by atoms with Crippen molar-refractivity contribution in [2.24, 2.45) is 7.05 Å². The molecule has 0 atom stereocenters. The Bertz CT molecular complexity index is 1320. The van der Waals surface area contributed by atoms with Gasteiger partial charge in [0.15, 0.2) is 5.16 Å². The normalized spacial score (nSPS) is 13.0. The summed E-state index contributed by atoms with van der Waals surface area (Å²) in [7, 11) is 1.76. The summed E-state index contributed by atoms with van der Waals surface area (Å²) in [5.74, 6) is 1.37. The number of aryl methyl sites for hydroxylation is 1. The van der Waals surface area contributed by atoms with Gasteiger partial charge >= 0.3 is 0 Å². The summed E-state index contributed by atoms with van der Waals surface area (Å²) in [5.41, 5.74) is 2.46. The Hall–Kier alpha value is -3.73. The maximum atomic E-state index is 13.1. The molecule has 0 bridgehead atoms. The summed E-state index contributed by atoms with van der Waals surface area (Å²) >= 11 is 1.27. The Balaban J connectivity index is 1.29. The predicted octanol–water partition coefficient (Wildman–Crippen LogP) is 3.50. The summed E-state index contributed by atoms with van der Waals surface area (Å²) in [6.45, 7) is 2.93. The van der Waals surface area contributed by atoms with E-state index in [-0.39, 0.29) is 23.4 Å². The molecule has 168 valence electrons. The minimum atomic E-state index is -0.345. The van der Waals surface area contributed by atoms with E-state index < -0.39 is 0 Å². The van der Waals surface area contributed by atoms with Crippen molar-refractivity contribution in [3.05, 3.63) is 53.8 Å². The molecule has 0 saturated carbocycles. The second-order valence-corrected chi connectivity index (χ2v) is 8.39. The zero-order chi connectivity index (χ0) is 22.9. The van der Waals surface area contributed by atoms with Crippen LogP contribution in [0.3, 0.4) is 0 Å². The number of halogens is 1. The Labute approximate surface area is 192 Å². The average molecular weight is 466 g/mol. The fourth-order valence-electron chi connectivity index (χ4n) is 3.45. The summed E-state index contributed by atoms with van der Waals surface area (Å²) in [4.78, 5) is 19.0. The number of anilines is 1. The van der Waals surface area contributed by atoms with Gasteiger partial charge in [0.05, 0.1) is 18.0 Å². The van der Waals surface area contributed by atoms with Gasteiger partial charge in [-0.2, -0.15) is 4.98 Å². The first kappa shape index (κ1) is 21.1. The topological polar surface area (TPSA) is 99.2 Å². The molecule has 0 spiro atoms. The monoisotopic (exact) mass is 466 g/mol. The number of hydrogen-bond acceptors (Lipinski definition) is 8. The number of benzene rings is 2. The van der Waals surface area contributed by atoms with Gasteiger partial charge < -0.3 is 18.7 Å². The number of carbonyl (C=O) groups is 1. The number of hydrogen-bond donors (Lipinski definition) is 0. The third-order valence-corrected chi connectivity index (χ3v) is 6.16. The van der Waals surface area contributed by atoms with Crippen LogP contribution < -0.4 is 9.64 Å². The van der Waals surface area contributed by atoms with Crippen molar-refractivity contribution in [3.63, 3.8) is 0 Å². The molecule has 0 N–H and O–H groups in total. The Morgan fingerprint density at radius 2 is 2.00 bits per heavy atom. The van der Waals surface area contributed by atoms with Gasteiger partial charge in [0.25, 0.3) is 5.89 Å². The summed E-state index contributed by atoms with van der Waals surface area (Å²) in [6.07, 6.45) is 0. The van der Waals surface area contributed by atoms with Gasteiger partial charge in [-0.15, -0.1) is 10.2 Å². The van der Waals surface area contributed by atoms with Crippen LogP contribution in [0.1, 0.15) is 5.56 Å². The van der Waals surface area contributed by atoms with Gasteiger partial charge in [0, 0.05) is 12.6 Å². The van der Waals surface area contributed by atoms with E-state index in [1.165, 1.54) is 23.9 Å². The summed E-state index contributed by atoms with van der Waals surface area (Å²) < 4.78 is 25.8. The maximum absolute atomic E-state index is 13.1. The number of nitrogens with zero attached hydrogens (tertiary/aromatic N) is 6. The largest absolute Gasteiger partial charge is 0.490 e. The lowest BCUT2D eigenvalue weighted by Crippen LogP contribution is -2.39. The Kier molecular flexibility index (Phi) is 5.55. The van der Waals surface area contributed by atoms with Crippen LogP contribution in [0.2, 0.25) is 0 Å². The molecule has 0 saturated heterocycles. The number of aromatic nitrogens is 5. The molecule has 5 rings (SSSR count). The molecular formula is C22H19FN6O3S. The molecule has 1 aliphatic heterocycles. The number of thioether (sulfide) groups is 1. The van der Waals surface area contributed by atoms with E-state index in [1.54, 1.807) is 28.6 Å². The molecule has 1 amide bonds. The van der Waals surface area contributed by atoms with Crippen LogP contribution in [0.25, 0.3) is 23.1 Å². The molecular weight excluding hydrogens is 447 g/mol. The molecule has 1 aliphatic rings. The van der Waals surface area contributed by atoms with E-state index in [2.05, 4.69) is 20.3 Å². The highest BCUT2D eigenvalue weighted by Crippen LogP contribution is 2.33. The lowest BCUT2D eigenvalue weighted by Gasteiger charge is -2.29. The van der Waals surface area contributed by atoms with Crippen LogP contribution in [0.5, 0.6) is 5.75 Å². The van der Waals surface area contributed by atoms with Crippen molar-refractivity contribution in [2.45, 2.75) is 12.1 Å². The number of fused-ring (bicyclic) bond motifs is 1. The van der Waals surface area contributed by atoms with Crippen LogP contribution in [0, 0.1) is 12.7 Å². The van der Waals surface area contributed by atoms with Gasteiger partial charge in [-0.3, -0.25) is 4.79 Å². The molecule has 4 aromatic rings. The van der Waals surface area contributed by atoms with Crippen molar-refractivity contribution in [1.82, 2.24) is 24.9 Å². The van der Waals surface area contributed by atoms with Crippen molar-refractivity contribution >= 4 is 23.4 Å². The molecule has 3 heterocycles. The fraction of sp³-hybridized carbons (Fsp3) is 0.227. The lowest BCUT2D eigenvalue weighted by molar-refractivity contribution is -0.116. The van der Waals surface area contributed by atoms with Crippen LogP contribution in [0.15, 0.2) is 52.1 Å². The SMILES string of the molecule is Cc1ccc2c(c1)N(C(=O)CSc1nnc(-c3nc(-c4ccc(F)cc4)no3)n1C)CCO2. The molecule has 0 radical (unpaired) electrons. The van der Waals surface area contributed by atoms with Gasteiger partial charge in [0.1, 0.15) is 18.2 Å². The van der Waals surface area contributed by atoms with Crippen LogP contribution in [-0.4, -0.2) is 49.7 Å². The molecule has 9 nitrogen and oxygen atoms in total. The number of rotatable bonds is 5. The average Bonchev–Trinajstić information content (AvgIpc) is 3.44. The van der Waals surface area contributed by atoms with Crippen LogP contribution >= 0.6 is 11.8 Å². The van der Waals surface area contributed by atoms with E-state index in [9.17, 15) is 9.18 Å². The zero-order valence-corrected chi connectivity index (χ0v) is 18.7. The number of amides is 1. The van der Waals surface area contributed by atoms with Crippen molar-refractivity contribution < 1.29 is 18.4 Å². The Morgan fingerprint density at radius 3 is 2.82 bits per heavy atom. The molecule has 11 heteroatoms. The standard InChI is InChI=1S/C22H19FN6O3S/c1-13-3-8-17-16(11-13)29(9-10-31-17)18(30)12-33-22-26-25-20(28(22)2)21-24-19(27-32-21)14-4-6-15(23)7-5-14/h3-8,11H,9-10,12H2,1-2H3. The summed E-state index contributed by atoms with van der Waals surface area (Å²) in [6, 6.07) is 11.6. The lowest BCUT2D eigenvalue weighted by atomic mass is 10.1. The number of ether oxygens (including phenoxy) is 1. The first-order valence-electron chi connectivity index (χ1n) is 10.2. The first-order valence-corrected chi connectivity index (χ1v) is 11.1. The van der Waals surface area contributed by atoms with E-state index in [0.29, 0.717) is 41.3 Å². The minimum absolute atomic E-state index is 0.0453. The highest BCUT2D eigenvalue weighted by molar-refractivity contribution is 7.99. The van der Waals surface area contributed by atoms with E-state index in [4.69, 9.17) is 9.26 Å². The third kappa shape index (κ3) is 4.19. The van der Waals surface area contributed by atoms with Crippen LogP contribution in [-0.2, 0) is 11.8 Å². The highest BCUT2D eigenvalue weighted by atomic mass is 32.2. The van der Waals surface area contributed by atoms with E-state index in [0.717, 1.165) is 11.3 Å². The maximum Gasteiger partial charge on any atom is 0.296 e. The van der Waals surface area contributed by atoms with Gasteiger partial charge in [0.2, 0.25) is 17.6 Å². The highest BCUT2D eigenvalue weighted by Gasteiger charge is 2.25. The van der Waals surface area contributed by atoms with Gasteiger partial charge in [-0.05, 0) is 48.9 Å². The second kappa shape index (κ2) is 8.66. The van der Waals surface area contributed by atoms with E-state index in [1.807, 2.05) is 25.1 Å². The van der Waals surface area contributed by atoms with E-state index >= 15 is 0 Å². The van der Waals surface area contributed by atoms with Crippen molar-refractivity contribution in [2.75, 3.05) is 23.8 Å². The molecule has 2 aromatic heterocycles. The minimum Gasteiger partial charge on any atom is -0.490 e. The molecule has 0 aliphatic carbocycles. The van der Waals surface area contributed by atoms with Crippen molar-refractivity contribution in [1.29, 1.82) is 0 Å². The molecule has 0 fully saturated rings. The number of carbonyl (C=O) groups excluding carboxylic acids is 1. The second-order valence-electron chi connectivity index (χ2n) is 7.45. The first-order chi connectivity index (χ1) is 16.0. The van der Waals surface area contributed by atoms with Gasteiger partial charge in [-0.25, -0.2) is 4.39 Å². The smallest absolute Gasteiger partial charge is 0.296 e.